The van der Waals surface area contributed by atoms with Gasteiger partial charge in [0.05, 0.1) is 0 Å². The minimum atomic E-state index is 0.895. The van der Waals surface area contributed by atoms with Gasteiger partial charge in [0.1, 0.15) is 11.3 Å². The molecule has 0 aliphatic rings. The minimum Gasteiger partial charge on any atom is -0.461 e. The van der Waals surface area contributed by atoms with Crippen LogP contribution in [0.3, 0.4) is 0 Å². The molecule has 0 atom stereocenters. The summed E-state index contributed by atoms with van der Waals surface area (Å²) in [5, 5.41) is 3.28. The van der Waals surface area contributed by atoms with Crippen LogP contribution in [0.4, 0.5) is 0 Å². The van der Waals surface area contributed by atoms with E-state index in [0.717, 1.165) is 17.8 Å². The van der Waals surface area contributed by atoms with E-state index < -0.39 is 0 Å². The molecule has 0 bridgehead atoms. The standard InChI is InChI=1S/C13H10OS/c1-2-6-13-10(4-1)8-11(14-13)9-12-5-3-7-15-12/h1-8H,9H2. The summed E-state index contributed by atoms with van der Waals surface area (Å²) in [5.41, 5.74) is 0.976. The van der Waals surface area contributed by atoms with Crippen LogP contribution in [0, 0.1) is 0 Å². The second-order valence-electron chi connectivity index (χ2n) is 3.51. The molecule has 0 fully saturated rings. The van der Waals surface area contributed by atoms with E-state index in [1.165, 1.54) is 10.3 Å². The summed E-state index contributed by atoms with van der Waals surface area (Å²) in [6, 6.07) is 14.5. The number of thiophene rings is 1. The van der Waals surface area contributed by atoms with Crippen molar-refractivity contribution in [3.63, 3.8) is 0 Å². The summed E-state index contributed by atoms with van der Waals surface area (Å²) in [4.78, 5) is 1.34. The molecule has 2 heterocycles. The Hall–Kier alpha value is -1.54. The molecule has 0 unspecified atom stereocenters. The monoisotopic (exact) mass is 214 g/mol. The molecule has 1 nitrogen and oxygen atoms in total. The normalized spacial score (nSPS) is 10.9. The van der Waals surface area contributed by atoms with E-state index in [1.807, 2.05) is 18.2 Å². The maximum absolute atomic E-state index is 5.75. The molecule has 0 amide bonds. The smallest absolute Gasteiger partial charge is 0.134 e. The lowest BCUT2D eigenvalue weighted by molar-refractivity contribution is 0.564. The lowest BCUT2D eigenvalue weighted by Crippen LogP contribution is -1.78. The van der Waals surface area contributed by atoms with Crippen molar-refractivity contribution in [2.24, 2.45) is 0 Å². The molecule has 0 saturated carbocycles. The Labute approximate surface area is 92.0 Å². The van der Waals surface area contributed by atoms with E-state index in [0.29, 0.717) is 0 Å². The molecule has 0 aliphatic carbocycles. The number of hydrogen-bond donors (Lipinski definition) is 0. The zero-order chi connectivity index (χ0) is 10.1. The Kier molecular flexibility index (Phi) is 2.07. The fourth-order valence-corrected chi connectivity index (χ4v) is 2.42. The third-order valence-electron chi connectivity index (χ3n) is 2.41. The van der Waals surface area contributed by atoms with E-state index >= 15 is 0 Å². The van der Waals surface area contributed by atoms with E-state index in [4.69, 9.17) is 4.42 Å². The quantitative estimate of drug-likeness (QED) is 0.626. The van der Waals surface area contributed by atoms with E-state index in [2.05, 4.69) is 29.6 Å². The first kappa shape index (κ1) is 8.74. The molecule has 15 heavy (non-hydrogen) atoms. The highest BCUT2D eigenvalue weighted by atomic mass is 32.1. The SMILES string of the molecule is c1csc(Cc2cc3ccccc3o2)c1. The summed E-state index contributed by atoms with van der Waals surface area (Å²) >= 11 is 1.77. The maximum Gasteiger partial charge on any atom is 0.134 e. The van der Waals surface area contributed by atoms with Gasteiger partial charge in [0.15, 0.2) is 0 Å². The summed E-state index contributed by atoms with van der Waals surface area (Å²) in [7, 11) is 0. The third kappa shape index (κ3) is 1.68. The number of furan rings is 1. The van der Waals surface area contributed by atoms with Gasteiger partial charge in [-0.3, -0.25) is 0 Å². The fourth-order valence-electron chi connectivity index (χ4n) is 1.71. The highest BCUT2D eigenvalue weighted by Gasteiger charge is 2.04. The second kappa shape index (κ2) is 3.55. The van der Waals surface area contributed by atoms with Gasteiger partial charge >= 0.3 is 0 Å². The molecule has 0 N–H and O–H groups in total. The second-order valence-corrected chi connectivity index (χ2v) is 4.54. The van der Waals surface area contributed by atoms with Gasteiger partial charge in [-0.15, -0.1) is 11.3 Å². The van der Waals surface area contributed by atoms with Crippen LogP contribution in [0.5, 0.6) is 0 Å². The van der Waals surface area contributed by atoms with Gasteiger partial charge in [-0.25, -0.2) is 0 Å². The Morgan fingerprint density at radius 3 is 2.80 bits per heavy atom. The molecule has 74 valence electrons. The molecule has 2 heteroatoms. The number of fused-ring (bicyclic) bond motifs is 1. The van der Waals surface area contributed by atoms with Crippen molar-refractivity contribution in [1.82, 2.24) is 0 Å². The molecule has 0 saturated heterocycles. The first-order valence-corrected chi connectivity index (χ1v) is 5.79. The molecule has 0 radical (unpaired) electrons. The van der Waals surface area contributed by atoms with E-state index in [1.54, 1.807) is 11.3 Å². The predicted octanol–water partition coefficient (Wildman–Crippen LogP) is 4.09. The largest absolute Gasteiger partial charge is 0.461 e. The number of benzene rings is 1. The maximum atomic E-state index is 5.75. The molecule has 2 aromatic heterocycles. The van der Waals surface area contributed by atoms with Gasteiger partial charge < -0.3 is 4.42 Å². The fraction of sp³-hybridized carbons (Fsp3) is 0.0769. The van der Waals surface area contributed by atoms with Crippen LogP contribution >= 0.6 is 11.3 Å². The van der Waals surface area contributed by atoms with Crippen LogP contribution in [-0.2, 0) is 6.42 Å². The molecule has 1 aromatic carbocycles. The zero-order valence-electron chi connectivity index (χ0n) is 8.14. The van der Waals surface area contributed by atoms with Crippen molar-refractivity contribution in [3.8, 4) is 0 Å². The van der Waals surface area contributed by atoms with Crippen molar-refractivity contribution in [3.05, 3.63) is 58.5 Å². The molecule has 3 aromatic rings. The zero-order valence-corrected chi connectivity index (χ0v) is 8.96. The van der Waals surface area contributed by atoms with Crippen molar-refractivity contribution >= 4 is 22.3 Å². The Morgan fingerprint density at radius 1 is 1.07 bits per heavy atom. The Balaban J connectivity index is 1.98. The van der Waals surface area contributed by atoms with E-state index in [-0.39, 0.29) is 0 Å². The average molecular weight is 214 g/mol. The first-order valence-electron chi connectivity index (χ1n) is 4.92. The van der Waals surface area contributed by atoms with Gasteiger partial charge in [-0.05, 0) is 23.6 Å². The topological polar surface area (TPSA) is 13.1 Å². The van der Waals surface area contributed by atoms with Gasteiger partial charge in [-0.2, -0.15) is 0 Å². The molecule has 3 rings (SSSR count). The first-order chi connectivity index (χ1) is 7.42. The summed E-state index contributed by atoms with van der Waals surface area (Å²) in [6.07, 6.45) is 0.895. The number of rotatable bonds is 2. The third-order valence-corrected chi connectivity index (χ3v) is 3.28. The van der Waals surface area contributed by atoms with Crippen molar-refractivity contribution in [1.29, 1.82) is 0 Å². The van der Waals surface area contributed by atoms with Crippen LogP contribution in [0.15, 0.2) is 52.3 Å². The molecular formula is C13H10OS. The lowest BCUT2D eigenvalue weighted by Gasteiger charge is -1.90. The average Bonchev–Trinajstić information content (AvgIpc) is 2.86. The molecule has 0 aliphatic heterocycles. The van der Waals surface area contributed by atoms with Crippen molar-refractivity contribution < 1.29 is 4.42 Å². The van der Waals surface area contributed by atoms with Crippen molar-refractivity contribution in [2.75, 3.05) is 0 Å². The summed E-state index contributed by atoms with van der Waals surface area (Å²) in [6.45, 7) is 0. The van der Waals surface area contributed by atoms with Gasteiger partial charge in [0.25, 0.3) is 0 Å². The predicted molar refractivity (Wildman–Crippen MR) is 63.3 cm³/mol. The van der Waals surface area contributed by atoms with Crippen LogP contribution < -0.4 is 0 Å². The van der Waals surface area contributed by atoms with Gasteiger partial charge in [-0.1, -0.05) is 24.3 Å². The molecule has 0 spiro atoms. The Morgan fingerprint density at radius 2 is 2.00 bits per heavy atom. The number of hydrogen-bond acceptors (Lipinski definition) is 2. The van der Waals surface area contributed by atoms with Gasteiger partial charge in [0.2, 0.25) is 0 Å². The van der Waals surface area contributed by atoms with Gasteiger partial charge in [0, 0.05) is 16.7 Å². The summed E-state index contributed by atoms with van der Waals surface area (Å²) in [5.74, 6) is 1.04. The van der Waals surface area contributed by atoms with Crippen LogP contribution in [0.2, 0.25) is 0 Å². The molecular weight excluding hydrogens is 204 g/mol. The highest BCUT2D eigenvalue weighted by Crippen LogP contribution is 2.22. The highest BCUT2D eigenvalue weighted by molar-refractivity contribution is 7.09. The van der Waals surface area contributed by atoms with Crippen LogP contribution in [-0.4, -0.2) is 0 Å². The summed E-state index contributed by atoms with van der Waals surface area (Å²) < 4.78 is 5.75. The number of para-hydroxylation sites is 1. The van der Waals surface area contributed by atoms with Crippen molar-refractivity contribution in [2.45, 2.75) is 6.42 Å². The van der Waals surface area contributed by atoms with E-state index in [9.17, 15) is 0 Å². The minimum absolute atomic E-state index is 0.895. The van der Waals surface area contributed by atoms with Crippen LogP contribution in [0.25, 0.3) is 11.0 Å². The van der Waals surface area contributed by atoms with Crippen LogP contribution in [0.1, 0.15) is 10.6 Å². The Bertz CT molecular complexity index is 530. The lowest BCUT2D eigenvalue weighted by atomic mass is 10.2.